The molecule has 0 saturated carbocycles. The van der Waals surface area contributed by atoms with Gasteiger partial charge in [-0.15, -0.1) is 0 Å². The van der Waals surface area contributed by atoms with Gasteiger partial charge in [0.25, 0.3) is 0 Å². The standard InChI is InChI=1S/C17H20ClNO3S/c1-13(8-9-14-6-4-3-5-7-14)19-23(20,21)17-12-15(18)10-11-16(17)22-2/h3-7,10-13,19H,8-9H2,1-2H3/t13-/m1/s1. The number of ether oxygens (including phenoxy) is 1. The van der Waals surface area contributed by atoms with E-state index in [4.69, 9.17) is 16.3 Å². The predicted molar refractivity (Wildman–Crippen MR) is 92.6 cm³/mol. The number of hydrogen-bond acceptors (Lipinski definition) is 3. The lowest BCUT2D eigenvalue weighted by Gasteiger charge is -2.16. The van der Waals surface area contributed by atoms with Crippen LogP contribution >= 0.6 is 11.6 Å². The summed E-state index contributed by atoms with van der Waals surface area (Å²) < 4.78 is 32.9. The molecule has 0 aliphatic heterocycles. The minimum atomic E-state index is -3.69. The molecule has 2 rings (SSSR count). The Kier molecular flexibility index (Phi) is 6.04. The van der Waals surface area contributed by atoms with Crippen LogP contribution in [0.25, 0.3) is 0 Å². The van der Waals surface area contributed by atoms with Gasteiger partial charge in [-0.1, -0.05) is 41.9 Å². The van der Waals surface area contributed by atoms with Gasteiger partial charge in [0.1, 0.15) is 10.6 Å². The molecule has 0 aliphatic carbocycles. The van der Waals surface area contributed by atoms with E-state index in [0.29, 0.717) is 11.4 Å². The van der Waals surface area contributed by atoms with Crippen molar-refractivity contribution in [2.75, 3.05) is 7.11 Å². The maximum Gasteiger partial charge on any atom is 0.244 e. The quantitative estimate of drug-likeness (QED) is 0.826. The van der Waals surface area contributed by atoms with E-state index < -0.39 is 10.0 Å². The third kappa shape index (κ3) is 4.96. The van der Waals surface area contributed by atoms with Crippen LogP contribution in [0.5, 0.6) is 5.75 Å². The lowest BCUT2D eigenvalue weighted by atomic mass is 10.1. The second kappa shape index (κ2) is 7.81. The minimum Gasteiger partial charge on any atom is -0.495 e. The number of rotatable bonds is 7. The van der Waals surface area contributed by atoms with Crippen LogP contribution in [0.2, 0.25) is 5.02 Å². The van der Waals surface area contributed by atoms with Crippen LogP contribution in [0.3, 0.4) is 0 Å². The summed E-state index contributed by atoms with van der Waals surface area (Å²) in [6.07, 6.45) is 1.50. The van der Waals surface area contributed by atoms with E-state index >= 15 is 0 Å². The Morgan fingerprint density at radius 1 is 1.17 bits per heavy atom. The lowest BCUT2D eigenvalue weighted by molar-refractivity contribution is 0.402. The maximum absolute atomic E-state index is 12.5. The molecule has 0 saturated heterocycles. The maximum atomic E-state index is 12.5. The van der Waals surface area contributed by atoms with Gasteiger partial charge in [0.2, 0.25) is 10.0 Å². The van der Waals surface area contributed by atoms with E-state index in [1.807, 2.05) is 37.3 Å². The average molecular weight is 354 g/mol. The number of aryl methyl sites for hydroxylation is 1. The van der Waals surface area contributed by atoms with Gasteiger partial charge in [-0.05, 0) is 43.5 Å². The molecule has 0 aliphatic rings. The van der Waals surface area contributed by atoms with Crippen LogP contribution < -0.4 is 9.46 Å². The Hall–Kier alpha value is -1.56. The van der Waals surface area contributed by atoms with Crippen molar-refractivity contribution in [2.24, 2.45) is 0 Å². The van der Waals surface area contributed by atoms with Gasteiger partial charge < -0.3 is 4.74 Å². The highest BCUT2D eigenvalue weighted by molar-refractivity contribution is 7.89. The molecular weight excluding hydrogens is 334 g/mol. The highest BCUT2D eigenvalue weighted by Crippen LogP contribution is 2.27. The van der Waals surface area contributed by atoms with E-state index in [9.17, 15) is 8.42 Å². The van der Waals surface area contributed by atoms with E-state index in [1.165, 1.54) is 18.7 Å². The molecule has 6 heteroatoms. The van der Waals surface area contributed by atoms with Gasteiger partial charge in [-0.3, -0.25) is 0 Å². The van der Waals surface area contributed by atoms with Crippen LogP contribution in [-0.4, -0.2) is 21.6 Å². The monoisotopic (exact) mass is 353 g/mol. The summed E-state index contributed by atoms with van der Waals surface area (Å²) in [7, 11) is -2.26. The van der Waals surface area contributed by atoms with Crippen molar-refractivity contribution in [2.45, 2.75) is 30.7 Å². The molecule has 0 fully saturated rings. The summed E-state index contributed by atoms with van der Waals surface area (Å²) in [6.45, 7) is 1.84. The number of halogens is 1. The first-order valence-electron chi connectivity index (χ1n) is 7.32. The largest absolute Gasteiger partial charge is 0.495 e. The Labute approximate surface area is 142 Å². The molecule has 0 unspecified atom stereocenters. The number of benzene rings is 2. The Morgan fingerprint density at radius 2 is 1.87 bits per heavy atom. The third-order valence-corrected chi connectivity index (χ3v) is 5.33. The SMILES string of the molecule is COc1ccc(Cl)cc1S(=O)(=O)N[C@H](C)CCc1ccccc1. The molecular formula is C17H20ClNO3S. The lowest BCUT2D eigenvalue weighted by Crippen LogP contribution is -2.33. The third-order valence-electron chi connectivity index (χ3n) is 3.48. The Balaban J connectivity index is 2.07. The second-order valence-electron chi connectivity index (χ2n) is 5.34. The molecule has 124 valence electrons. The topological polar surface area (TPSA) is 55.4 Å². The van der Waals surface area contributed by atoms with Crippen LogP contribution in [-0.2, 0) is 16.4 Å². The minimum absolute atomic E-state index is 0.0547. The normalized spacial score (nSPS) is 12.8. The van der Waals surface area contributed by atoms with E-state index in [0.717, 1.165) is 6.42 Å². The second-order valence-corrected chi connectivity index (χ2v) is 7.46. The molecule has 0 radical (unpaired) electrons. The molecule has 0 bridgehead atoms. The summed E-state index contributed by atoms with van der Waals surface area (Å²) >= 11 is 5.91. The highest BCUT2D eigenvalue weighted by atomic mass is 35.5. The highest BCUT2D eigenvalue weighted by Gasteiger charge is 2.22. The van der Waals surface area contributed by atoms with Gasteiger partial charge in [-0.2, -0.15) is 0 Å². The number of hydrogen-bond donors (Lipinski definition) is 1. The van der Waals surface area contributed by atoms with Crippen molar-refractivity contribution in [3.8, 4) is 5.75 Å². The van der Waals surface area contributed by atoms with E-state index in [1.54, 1.807) is 12.1 Å². The number of nitrogens with one attached hydrogen (secondary N) is 1. The van der Waals surface area contributed by atoms with Gasteiger partial charge in [-0.25, -0.2) is 13.1 Å². The molecule has 2 aromatic rings. The summed E-state index contributed by atoms with van der Waals surface area (Å²) in [5.74, 6) is 0.275. The van der Waals surface area contributed by atoms with Crippen molar-refractivity contribution in [1.29, 1.82) is 0 Å². The summed E-state index contributed by atoms with van der Waals surface area (Å²) in [4.78, 5) is 0.0547. The fraction of sp³-hybridized carbons (Fsp3) is 0.294. The van der Waals surface area contributed by atoms with Gasteiger partial charge in [0, 0.05) is 11.1 Å². The Morgan fingerprint density at radius 3 is 2.52 bits per heavy atom. The van der Waals surface area contributed by atoms with Gasteiger partial charge >= 0.3 is 0 Å². The molecule has 2 aromatic carbocycles. The number of methoxy groups -OCH3 is 1. The first kappa shape index (κ1) is 17.8. The fourth-order valence-electron chi connectivity index (χ4n) is 2.28. The zero-order valence-electron chi connectivity index (χ0n) is 13.1. The van der Waals surface area contributed by atoms with Crippen molar-refractivity contribution in [3.63, 3.8) is 0 Å². The Bertz CT molecular complexity index is 748. The smallest absolute Gasteiger partial charge is 0.244 e. The first-order chi connectivity index (χ1) is 10.9. The molecule has 0 amide bonds. The van der Waals surface area contributed by atoms with Crippen molar-refractivity contribution in [1.82, 2.24) is 4.72 Å². The summed E-state index contributed by atoms with van der Waals surface area (Å²) in [5, 5.41) is 0.350. The zero-order valence-corrected chi connectivity index (χ0v) is 14.7. The summed E-state index contributed by atoms with van der Waals surface area (Å²) in [6, 6.07) is 14.3. The fourth-order valence-corrected chi connectivity index (χ4v) is 3.99. The van der Waals surface area contributed by atoms with Crippen molar-refractivity contribution < 1.29 is 13.2 Å². The van der Waals surface area contributed by atoms with Crippen molar-refractivity contribution >= 4 is 21.6 Å². The average Bonchev–Trinajstić information content (AvgIpc) is 2.53. The molecule has 0 aromatic heterocycles. The zero-order chi connectivity index (χ0) is 16.9. The summed E-state index contributed by atoms with van der Waals surface area (Å²) in [5.41, 5.74) is 1.18. The van der Waals surface area contributed by atoms with Gasteiger partial charge in [0.05, 0.1) is 7.11 Å². The molecule has 1 N–H and O–H groups in total. The van der Waals surface area contributed by atoms with Crippen LogP contribution in [0.4, 0.5) is 0 Å². The molecule has 23 heavy (non-hydrogen) atoms. The van der Waals surface area contributed by atoms with Crippen molar-refractivity contribution in [3.05, 3.63) is 59.1 Å². The molecule has 4 nitrogen and oxygen atoms in total. The first-order valence-corrected chi connectivity index (χ1v) is 9.18. The van der Waals surface area contributed by atoms with Gasteiger partial charge in [0.15, 0.2) is 0 Å². The van der Waals surface area contributed by atoms with Crippen LogP contribution in [0.15, 0.2) is 53.4 Å². The van der Waals surface area contributed by atoms with E-state index in [-0.39, 0.29) is 16.7 Å². The number of sulfonamides is 1. The molecule has 0 spiro atoms. The van der Waals surface area contributed by atoms with Crippen LogP contribution in [0.1, 0.15) is 18.9 Å². The molecule has 1 atom stereocenters. The molecule has 0 heterocycles. The predicted octanol–water partition coefficient (Wildman–Crippen LogP) is 3.65. The van der Waals surface area contributed by atoms with Crippen LogP contribution in [0, 0.1) is 0 Å². The van der Waals surface area contributed by atoms with E-state index in [2.05, 4.69) is 4.72 Å².